The predicted molar refractivity (Wildman–Crippen MR) is 83.7 cm³/mol. The molecule has 0 spiro atoms. The van der Waals surface area contributed by atoms with Crippen LogP contribution < -0.4 is 5.32 Å². The Morgan fingerprint density at radius 2 is 2.10 bits per heavy atom. The minimum absolute atomic E-state index is 0.215. The third kappa shape index (κ3) is 3.95. The maximum atomic E-state index is 13.6. The molecule has 3 atom stereocenters. The van der Waals surface area contributed by atoms with Crippen LogP contribution in [-0.2, 0) is 6.42 Å². The summed E-state index contributed by atoms with van der Waals surface area (Å²) in [6.45, 7) is 5.44. The van der Waals surface area contributed by atoms with Crippen molar-refractivity contribution in [2.45, 2.75) is 52.0 Å². The fourth-order valence-electron chi connectivity index (χ4n) is 3.46. The molecule has 0 radical (unpaired) electrons. The maximum absolute atomic E-state index is 13.6. The Labute approximate surface area is 126 Å². The van der Waals surface area contributed by atoms with Gasteiger partial charge in [0.2, 0.25) is 0 Å². The first-order chi connectivity index (χ1) is 9.63. The number of nitrogens with one attached hydrogen (secondary N) is 1. The number of hydrogen-bond donors (Lipinski definition) is 1. The molecule has 0 heterocycles. The summed E-state index contributed by atoms with van der Waals surface area (Å²) >= 11 is 5.76. The number of benzene rings is 1. The normalized spacial score (nSPS) is 26.7. The van der Waals surface area contributed by atoms with Crippen LogP contribution in [0.1, 0.15) is 45.1 Å². The van der Waals surface area contributed by atoms with Gasteiger partial charge in [-0.25, -0.2) is 4.39 Å². The van der Waals surface area contributed by atoms with E-state index in [1.165, 1.54) is 25.7 Å². The van der Waals surface area contributed by atoms with Crippen LogP contribution in [0.2, 0.25) is 5.02 Å². The van der Waals surface area contributed by atoms with Crippen molar-refractivity contribution >= 4 is 11.6 Å². The summed E-state index contributed by atoms with van der Waals surface area (Å²) in [7, 11) is 0. The van der Waals surface area contributed by atoms with Crippen LogP contribution in [0.15, 0.2) is 18.2 Å². The summed E-state index contributed by atoms with van der Waals surface area (Å²) < 4.78 is 13.6. The lowest BCUT2D eigenvalue weighted by molar-refractivity contribution is 0.200. The van der Waals surface area contributed by atoms with Crippen molar-refractivity contribution in [2.24, 2.45) is 11.8 Å². The Morgan fingerprint density at radius 3 is 2.75 bits per heavy atom. The molecule has 2 rings (SSSR count). The van der Waals surface area contributed by atoms with Crippen LogP contribution in [0.25, 0.3) is 0 Å². The van der Waals surface area contributed by atoms with Gasteiger partial charge in [0.15, 0.2) is 0 Å². The first-order valence-electron chi connectivity index (χ1n) is 7.81. The van der Waals surface area contributed by atoms with E-state index in [1.54, 1.807) is 12.1 Å². The molecule has 3 heteroatoms. The predicted octanol–water partition coefficient (Wildman–Crippen LogP) is 4.83. The second kappa shape index (κ2) is 7.42. The highest BCUT2D eigenvalue weighted by Gasteiger charge is 2.29. The molecule has 0 aromatic heterocycles. The van der Waals surface area contributed by atoms with Crippen molar-refractivity contribution in [1.82, 2.24) is 5.32 Å². The Hall–Kier alpha value is -0.600. The van der Waals surface area contributed by atoms with Gasteiger partial charge in [0.05, 0.1) is 5.02 Å². The molecule has 0 amide bonds. The zero-order valence-corrected chi connectivity index (χ0v) is 13.2. The third-order valence-corrected chi connectivity index (χ3v) is 4.92. The molecule has 0 saturated heterocycles. The topological polar surface area (TPSA) is 12.0 Å². The summed E-state index contributed by atoms with van der Waals surface area (Å²) in [6, 6.07) is 5.81. The first kappa shape index (κ1) is 15.8. The van der Waals surface area contributed by atoms with Gasteiger partial charge in [0, 0.05) is 6.04 Å². The van der Waals surface area contributed by atoms with Crippen molar-refractivity contribution in [3.8, 4) is 0 Å². The standard InChI is InChI=1S/C17H25ClFN/c1-3-12-6-8-17(20-4-2)14(9-12)10-13-5-7-15(18)16(19)11-13/h5,7,11-12,14,17,20H,3-4,6,8-10H2,1-2H3. The third-order valence-electron chi connectivity index (χ3n) is 4.62. The number of rotatable bonds is 5. The minimum atomic E-state index is -0.299. The van der Waals surface area contributed by atoms with Gasteiger partial charge in [0.1, 0.15) is 5.82 Å². The molecule has 1 nitrogen and oxygen atoms in total. The fourth-order valence-corrected chi connectivity index (χ4v) is 3.58. The summed E-state index contributed by atoms with van der Waals surface area (Å²) in [6.07, 6.45) is 6.01. The van der Waals surface area contributed by atoms with Gasteiger partial charge in [-0.15, -0.1) is 0 Å². The van der Waals surface area contributed by atoms with Gasteiger partial charge in [-0.2, -0.15) is 0 Å². The van der Waals surface area contributed by atoms with Crippen molar-refractivity contribution in [2.75, 3.05) is 6.54 Å². The maximum Gasteiger partial charge on any atom is 0.142 e. The SMILES string of the molecule is CCNC1CCC(CC)CC1Cc1ccc(Cl)c(F)c1. The first-order valence-corrected chi connectivity index (χ1v) is 8.19. The van der Waals surface area contributed by atoms with E-state index in [0.717, 1.165) is 24.4 Å². The second-order valence-electron chi connectivity index (χ2n) is 5.96. The van der Waals surface area contributed by atoms with E-state index in [2.05, 4.69) is 19.2 Å². The van der Waals surface area contributed by atoms with E-state index >= 15 is 0 Å². The molecule has 0 bridgehead atoms. The van der Waals surface area contributed by atoms with Crippen LogP contribution in [-0.4, -0.2) is 12.6 Å². The highest BCUT2D eigenvalue weighted by Crippen LogP contribution is 2.33. The van der Waals surface area contributed by atoms with E-state index in [9.17, 15) is 4.39 Å². The zero-order valence-electron chi connectivity index (χ0n) is 12.5. The minimum Gasteiger partial charge on any atom is -0.314 e. The van der Waals surface area contributed by atoms with E-state index in [0.29, 0.717) is 12.0 Å². The van der Waals surface area contributed by atoms with Crippen LogP contribution in [0.3, 0.4) is 0 Å². The molecular formula is C17H25ClFN. The Balaban J connectivity index is 2.07. The smallest absolute Gasteiger partial charge is 0.142 e. The Kier molecular flexibility index (Phi) is 5.86. The molecule has 1 aliphatic rings. The fraction of sp³-hybridized carbons (Fsp3) is 0.647. The van der Waals surface area contributed by atoms with E-state index in [-0.39, 0.29) is 10.8 Å². The van der Waals surface area contributed by atoms with Crippen LogP contribution in [0.4, 0.5) is 4.39 Å². The van der Waals surface area contributed by atoms with Crippen molar-refractivity contribution in [3.63, 3.8) is 0 Å². The van der Waals surface area contributed by atoms with Gasteiger partial charge in [-0.3, -0.25) is 0 Å². The van der Waals surface area contributed by atoms with Gasteiger partial charge in [0.25, 0.3) is 0 Å². The Bertz CT molecular complexity index is 435. The summed E-state index contributed by atoms with van der Waals surface area (Å²) in [5.74, 6) is 1.13. The highest BCUT2D eigenvalue weighted by atomic mass is 35.5. The zero-order chi connectivity index (χ0) is 14.5. The van der Waals surface area contributed by atoms with Gasteiger partial charge >= 0.3 is 0 Å². The number of halogens is 2. The molecule has 1 aromatic rings. The summed E-state index contributed by atoms with van der Waals surface area (Å²) in [5.41, 5.74) is 1.07. The molecule has 3 unspecified atom stereocenters. The molecule has 112 valence electrons. The van der Waals surface area contributed by atoms with E-state index in [1.807, 2.05) is 6.07 Å². The van der Waals surface area contributed by atoms with Crippen molar-refractivity contribution in [3.05, 3.63) is 34.6 Å². The van der Waals surface area contributed by atoms with Gasteiger partial charge in [-0.05, 0) is 61.8 Å². The molecule has 1 N–H and O–H groups in total. The molecule has 1 saturated carbocycles. The van der Waals surface area contributed by atoms with E-state index < -0.39 is 0 Å². The summed E-state index contributed by atoms with van der Waals surface area (Å²) in [4.78, 5) is 0. The monoisotopic (exact) mass is 297 g/mol. The average molecular weight is 298 g/mol. The molecular weight excluding hydrogens is 273 g/mol. The average Bonchev–Trinajstić information content (AvgIpc) is 2.45. The number of hydrogen-bond acceptors (Lipinski definition) is 1. The lowest BCUT2D eigenvalue weighted by Gasteiger charge is -2.36. The van der Waals surface area contributed by atoms with Crippen LogP contribution in [0, 0.1) is 17.7 Å². The van der Waals surface area contributed by atoms with Crippen molar-refractivity contribution in [1.29, 1.82) is 0 Å². The molecule has 0 aliphatic heterocycles. The lowest BCUT2D eigenvalue weighted by atomic mass is 9.74. The van der Waals surface area contributed by atoms with Gasteiger partial charge < -0.3 is 5.32 Å². The Morgan fingerprint density at radius 1 is 1.30 bits per heavy atom. The quantitative estimate of drug-likeness (QED) is 0.821. The lowest BCUT2D eigenvalue weighted by Crippen LogP contribution is -2.41. The van der Waals surface area contributed by atoms with Crippen molar-refractivity contribution < 1.29 is 4.39 Å². The molecule has 1 fully saturated rings. The highest BCUT2D eigenvalue weighted by molar-refractivity contribution is 6.30. The second-order valence-corrected chi connectivity index (χ2v) is 6.37. The van der Waals surface area contributed by atoms with Crippen LogP contribution in [0.5, 0.6) is 0 Å². The molecule has 1 aliphatic carbocycles. The largest absolute Gasteiger partial charge is 0.314 e. The van der Waals surface area contributed by atoms with Crippen LogP contribution >= 0.6 is 11.6 Å². The molecule has 20 heavy (non-hydrogen) atoms. The summed E-state index contributed by atoms with van der Waals surface area (Å²) in [5, 5.41) is 3.82. The molecule has 1 aromatic carbocycles. The van der Waals surface area contributed by atoms with Gasteiger partial charge in [-0.1, -0.05) is 37.9 Å². The van der Waals surface area contributed by atoms with E-state index in [4.69, 9.17) is 11.6 Å².